The molecule has 2 aromatic carbocycles. The lowest BCUT2D eigenvalue weighted by molar-refractivity contribution is -0.137. The molecule has 0 atom stereocenters. The zero-order valence-corrected chi connectivity index (χ0v) is 12.6. The van der Waals surface area contributed by atoms with E-state index in [0.717, 1.165) is 23.3 Å². The third-order valence-corrected chi connectivity index (χ3v) is 3.49. The molecule has 1 aromatic heterocycles. The average Bonchev–Trinajstić information content (AvgIpc) is 2.60. The van der Waals surface area contributed by atoms with Gasteiger partial charge in [-0.3, -0.25) is 4.98 Å². The van der Waals surface area contributed by atoms with Crippen LogP contribution in [0.1, 0.15) is 11.1 Å². The molecule has 0 fully saturated rings. The summed E-state index contributed by atoms with van der Waals surface area (Å²) < 4.78 is 37.7. The second kappa shape index (κ2) is 6.70. The Morgan fingerprint density at radius 3 is 2.17 bits per heavy atom. The van der Waals surface area contributed by atoms with Gasteiger partial charge >= 0.3 is 6.18 Å². The molecule has 3 aromatic rings. The lowest BCUT2D eigenvalue weighted by Gasteiger charge is -2.11. The highest BCUT2D eigenvalue weighted by molar-refractivity contribution is 5.70. The third-order valence-electron chi connectivity index (χ3n) is 3.49. The van der Waals surface area contributed by atoms with Crippen LogP contribution in [-0.4, -0.2) is 9.97 Å². The maximum absolute atomic E-state index is 12.6. The van der Waals surface area contributed by atoms with Gasteiger partial charge in [0.05, 0.1) is 5.56 Å². The van der Waals surface area contributed by atoms with Crippen molar-refractivity contribution < 1.29 is 13.2 Å². The van der Waals surface area contributed by atoms with Crippen molar-refractivity contribution in [1.82, 2.24) is 9.97 Å². The van der Waals surface area contributed by atoms with Crippen LogP contribution in [0.25, 0.3) is 11.3 Å². The van der Waals surface area contributed by atoms with Gasteiger partial charge in [-0.05, 0) is 17.7 Å². The molecule has 3 nitrogen and oxygen atoms in total. The van der Waals surface area contributed by atoms with E-state index in [-0.39, 0.29) is 0 Å². The molecule has 1 N–H and O–H groups in total. The smallest absolute Gasteiger partial charge is 0.364 e. The summed E-state index contributed by atoms with van der Waals surface area (Å²) >= 11 is 0. The molecule has 1 heterocycles. The Kier molecular flexibility index (Phi) is 4.46. The zero-order valence-electron chi connectivity index (χ0n) is 12.6. The molecule has 0 radical (unpaired) electrons. The summed E-state index contributed by atoms with van der Waals surface area (Å²) in [6.07, 6.45) is -1.15. The van der Waals surface area contributed by atoms with Crippen LogP contribution in [0, 0.1) is 0 Å². The van der Waals surface area contributed by atoms with Gasteiger partial charge in [0.15, 0.2) is 5.82 Å². The Bertz CT molecular complexity index is 800. The number of rotatable bonds is 4. The molecule has 0 spiro atoms. The summed E-state index contributed by atoms with van der Waals surface area (Å²) in [5, 5.41) is 3.13. The predicted octanol–water partition coefficient (Wildman–Crippen LogP) is 4.77. The van der Waals surface area contributed by atoms with Crippen LogP contribution < -0.4 is 5.32 Å². The molecule has 0 saturated heterocycles. The number of nitrogens with zero attached hydrogens (tertiary/aromatic N) is 2. The van der Waals surface area contributed by atoms with Crippen molar-refractivity contribution in [2.45, 2.75) is 12.7 Å². The number of hydrogen-bond donors (Lipinski definition) is 1. The lowest BCUT2D eigenvalue weighted by atomic mass is 10.1. The van der Waals surface area contributed by atoms with Crippen molar-refractivity contribution in [3.05, 3.63) is 78.1 Å². The normalized spacial score (nSPS) is 11.3. The molecule has 0 aliphatic heterocycles. The highest BCUT2D eigenvalue weighted by Gasteiger charge is 2.29. The number of anilines is 1. The first kappa shape index (κ1) is 16.0. The van der Waals surface area contributed by atoms with Gasteiger partial charge in [0.2, 0.25) is 0 Å². The van der Waals surface area contributed by atoms with Gasteiger partial charge < -0.3 is 5.32 Å². The minimum Gasteiger partial charge on any atom is -0.364 e. The first-order chi connectivity index (χ1) is 11.5. The molecule has 122 valence electrons. The minimum atomic E-state index is -4.32. The summed E-state index contributed by atoms with van der Waals surface area (Å²) in [4.78, 5) is 8.61. The highest BCUT2D eigenvalue weighted by atomic mass is 19.4. The molecule has 0 aliphatic rings. The van der Waals surface area contributed by atoms with Crippen molar-refractivity contribution in [3.63, 3.8) is 0 Å². The van der Waals surface area contributed by atoms with Gasteiger partial charge in [0.25, 0.3) is 0 Å². The van der Waals surface area contributed by atoms with E-state index in [9.17, 15) is 13.2 Å². The second-order valence-electron chi connectivity index (χ2n) is 5.17. The van der Waals surface area contributed by atoms with Crippen molar-refractivity contribution in [3.8, 4) is 11.3 Å². The first-order valence-electron chi connectivity index (χ1n) is 7.30. The fraction of sp³-hybridized carbons (Fsp3) is 0.111. The van der Waals surface area contributed by atoms with Crippen LogP contribution >= 0.6 is 0 Å². The number of hydrogen-bond acceptors (Lipinski definition) is 3. The third kappa shape index (κ3) is 3.71. The SMILES string of the molecule is FC(F)(F)c1ccc(CNc2nccnc2-c2ccccc2)cc1. The fourth-order valence-corrected chi connectivity index (χ4v) is 2.27. The van der Waals surface area contributed by atoms with E-state index in [1.54, 1.807) is 12.4 Å². The largest absolute Gasteiger partial charge is 0.416 e. The Hall–Kier alpha value is -2.89. The highest BCUT2D eigenvalue weighted by Crippen LogP contribution is 2.29. The van der Waals surface area contributed by atoms with E-state index in [0.29, 0.717) is 18.1 Å². The van der Waals surface area contributed by atoms with E-state index in [1.165, 1.54) is 12.1 Å². The first-order valence-corrected chi connectivity index (χ1v) is 7.30. The summed E-state index contributed by atoms with van der Waals surface area (Å²) in [5.41, 5.74) is 1.69. The van der Waals surface area contributed by atoms with Gasteiger partial charge in [-0.15, -0.1) is 0 Å². The summed E-state index contributed by atoms with van der Waals surface area (Å²) in [6, 6.07) is 14.6. The van der Waals surface area contributed by atoms with Crippen LogP contribution in [0.3, 0.4) is 0 Å². The summed E-state index contributed by atoms with van der Waals surface area (Å²) in [7, 11) is 0. The van der Waals surface area contributed by atoms with E-state index in [4.69, 9.17) is 0 Å². The standard InChI is InChI=1S/C18H14F3N3/c19-18(20,21)15-8-6-13(7-9-15)12-24-17-16(22-10-11-23-17)14-4-2-1-3-5-14/h1-11H,12H2,(H,23,24). The van der Waals surface area contributed by atoms with Gasteiger partial charge in [-0.1, -0.05) is 42.5 Å². The quantitative estimate of drug-likeness (QED) is 0.749. The van der Waals surface area contributed by atoms with Gasteiger partial charge in [0, 0.05) is 24.5 Å². The van der Waals surface area contributed by atoms with Crippen molar-refractivity contribution in [2.75, 3.05) is 5.32 Å². The number of aromatic nitrogens is 2. The number of halogens is 3. The van der Waals surface area contributed by atoms with Crippen molar-refractivity contribution >= 4 is 5.82 Å². The van der Waals surface area contributed by atoms with Crippen LogP contribution in [-0.2, 0) is 12.7 Å². The second-order valence-corrected chi connectivity index (χ2v) is 5.17. The fourth-order valence-electron chi connectivity index (χ4n) is 2.27. The molecule has 3 rings (SSSR count). The molecule has 6 heteroatoms. The Morgan fingerprint density at radius 2 is 1.50 bits per heavy atom. The number of alkyl halides is 3. The Balaban J connectivity index is 1.76. The number of benzene rings is 2. The van der Waals surface area contributed by atoms with Crippen molar-refractivity contribution in [1.29, 1.82) is 0 Å². The lowest BCUT2D eigenvalue weighted by Crippen LogP contribution is -2.06. The molecular weight excluding hydrogens is 315 g/mol. The van der Waals surface area contributed by atoms with Crippen LogP contribution in [0.2, 0.25) is 0 Å². The average molecular weight is 329 g/mol. The number of nitrogens with one attached hydrogen (secondary N) is 1. The van der Waals surface area contributed by atoms with E-state index >= 15 is 0 Å². The molecular formula is C18H14F3N3. The van der Waals surface area contributed by atoms with Crippen molar-refractivity contribution in [2.24, 2.45) is 0 Å². The Morgan fingerprint density at radius 1 is 0.833 bits per heavy atom. The topological polar surface area (TPSA) is 37.8 Å². The molecule has 0 amide bonds. The maximum Gasteiger partial charge on any atom is 0.416 e. The van der Waals surface area contributed by atoms with Crippen LogP contribution in [0.4, 0.5) is 19.0 Å². The molecule has 0 aliphatic carbocycles. The molecule has 24 heavy (non-hydrogen) atoms. The summed E-state index contributed by atoms with van der Waals surface area (Å²) in [6.45, 7) is 0.358. The van der Waals surface area contributed by atoms with E-state index in [2.05, 4.69) is 15.3 Å². The van der Waals surface area contributed by atoms with Gasteiger partial charge in [-0.25, -0.2) is 4.98 Å². The van der Waals surface area contributed by atoms with Crippen LogP contribution in [0.15, 0.2) is 67.0 Å². The zero-order chi connectivity index (χ0) is 17.0. The predicted molar refractivity (Wildman–Crippen MR) is 86.2 cm³/mol. The van der Waals surface area contributed by atoms with E-state index in [1.807, 2.05) is 30.3 Å². The maximum atomic E-state index is 12.6. The van der Waals surface area contributed by atoms with Gasteiger partial charge in [0.1, 0.15) is 5.69 Å². The minimum absolute atomic E-state index is 0.358. The summed E-state index contributed by atoms with van der Waals surface area (Å²) in [5.74, 6) is 0.587. The molecule has 0 saturated carbocycles. The molecule has 0 unspecified atom stereocenters. The van der Waals surface area contributed by atoms with E-state index < -0.39 is 11.7 Å². The Labute approximate surface area is 137 Å². The van der Waals surface area contributed by atoms with Crippen LogP contribution in [0.5, 0.6) is 0 Å². The van der Waals surface area contributed by atoms with Gasteiger partial charge in [-0.2, -0.15) is 13.2 Å². The molecule has 0 bridgehead atoms. The monoisotopic (exact) mass is 329 g/mol.